The summed E-state index contributed by atoms with van der Waals surface area (Å²) in [7, 11) is 0. The normalized spacial score (nSPS) is 22.0. The van der Waals surface area contributed by atoms with E-state index in [4.69, 9.17) is 5.73 Å². The van der Waals surface area contributed by atoms with Gasteiger partial charge in [0.1, 0.15) is 12.1 Å². The van der Waals surface area contributed by atoms with Crippen molar-refractivity contribution in [3.05, 3.63) is 0 Å². The van der Waals surface area contributed by atoms with Gasteiger partial charge in [-0.05, 0) is 31.6 Å². The number of aliphatic hydroxyl groups is 1. The summed E-state index contributed by atoms with van der Waals surface area (Å²) in [6.07, 6.45) is 1.00. The van der Waals surface area contributed by atoms with Crippen LogP contribution >= 0.6 is 0 Å². The molecular weight excluding hydrogens is 404 g/mol. The number of aliphatic hydroxyl groups excluding tert-OH is 1. The zero-order valence-corrected chi connectivity index (χ0v) is 19.1. The van der Waals surface area contributed by atoms with E-state index in [-0.39, 0.29) is 17.7 Å². The Morgan fingerprint density at radius 3 is 2.10 bits per heavy atom. The van der Waals surface area contributed by atoms with E-state index in [2.05, 4.69) is 10.6 Å². The summed E-state index contributed by atoms with van der Waals surface area (Å²) in [5, 5.41) is 23.9. The van der Waals surface area contributed by atoms with Crippen LogP contribution in [0.4, 0.5) is 0 Å². The van der Waals surface area contributed by atoms with Crippen molar-refractivity contribution in [1.82, 2.24) is 15.5 Å². The van der Waals surface area contributed by atoms with Gasteiger partial charge < -0.3 is 31.5 Å². The maximum Gasteiger partial charge on any atom is 0.328 e. The lowest BCUT2D eigenvalue weighted by atomic mass is 9.95. The monoisotopic (exact) mass is 442 g/mol. The second kappa shape index (κ2) is 12.0. The Morgan fingerprint density at radius 2 is 1.61 bits per heavy atom. The van der Waals surface area contributed by atoms with Crippen LogP contribution in [0.15, 0.2) is 0 Å². The summed E-state index contributed by atoms with van der Waals surface area (Å²) in [4.78, 5) is 51.4. The number of likely N-dealkylation sites (tertiary alicyclic amines) is 1. The van der Waals surface area contributed by atoms with Crippen LogP contribution < -0.4 is 16.4 Å². The first-order valence-corrected chi connectivity index (χ1v) is 11.0. The summed E-state index contributed by atoms with van der Waals surface area (Å²) in [6, 6.07) is -3.92. The predicted molar refractivity (Wildman–Crippen MR) is 115 cm³/mol. The number of nitrogens with zero attached hydrogens (tertiary/aromatic N) is 1. The van der Waals surface area contributed by atoms with Crippen LogP contribution in [-0.4, -0.2) is 75.6 Å². The first-order valence-electron chi connectivity index (χ1n) is 11.0. The number of nitrogens with one attached hydrogen (secondary N) is 2. The second-order valence-electron chi connectivity index (χ2n) is 8.54. The smallest absolute Gasteiger partial charge is 0.328 e. The van der Waals surface area contributed by atoms with Crippen molar-refractivity contribution >= 4 is 23.7 Å². The van der Waals surface area contributed by atoms with Crippen LogP contribution in [0.3, 0.4) is 0 Å². The van der Waals surface area contributed by atoms with Crippen molar-refractivity contribution in [2.75, 3.05) is 6.54 Å². The fraction of sp³-hybridized carbons (Fsp3) is 0.810. The molecule has 10 nitrogen and oxygen atoms in total. The number of nitrogens with two attached hydrogens (primary N) is 1. The van der Waals surface area contributed by atoms with Crippen molar-refractivity contribution < 1.29 is 29.4 Å². The van der Waals surface area contributed by atoms with Gasteiger partial charge in [-0.1, -0.05) is 40.5 Å². The number of carboxylic acid groups (broad SMARTS) is 1. The molecule has 0 saturated carbocycles. The van der Waals surface area contributed by atoms with Gasteiger partial charge in [-0.15, -0.1) is 0 Å². The Labute approximate surface area is 183 Å². The van der Waals surface area contributed by atoms with E-state index in [1.807, 2.05) is 27.7 Å². The highest BCUT2D eigenvalue weighted by molar-refractivity contribution is 5.94. The van der Waals surface area contributed by atoms with E-state index in [0.717, 1.165) is 6.42 Å². The third-order valence-corrected chi connectivity index (χ3v) is 6.22. The fourth-order valence-corrected chi connectivity index (χ4v) is 3.56. The highest BCUT2D eigenvalue weighted by Crippen LogP contribution is 2.22. The Bertz CT molecular complexity index is 656. The van der Waals surface area contributed by atoms with Crippen LogP contribution in [0.1, 0.15) is 60.3 Å². The van der Waals surface area contributed by atoms with E-state index in [1.165, 1.54) is 11.8 Å². The molecule has 6 N–H and O–H groups in total. The standard InChI is InChI=1S/C21H38N4O6/c1-6-11(3)15(22)19(28)23-16(12(4)7-2)20(29)25-10-8-9-14(25)18(27)24-17(13(5)26)21(30)31/h11-17,26H,6-10,22H2,1-5H3,(H,23,28)(H,24,27)(H,30,31). The van der Waals surface area contributed by atoms with Gasteiger partial charge in [0.05, 0.1) is 12.1 Å². The van der Waals surface area contributed by atoms with Crippen LogP contribution in [0.2, 0.25) is 0 Å². The maximum absolute atomic E-state index is 13.3. The van der Waals surface area contributed by atoms with Crippen LogP contribution in [0, 0.1) is 11.8 Å². The molecule has 10 heteroatoms. The molecule has 0 bridgehead atoms. The average Bonchev–Trinajstić information content (AvgIpc) is 3.22. The van der Waals surface area contributed by atoms with Gasteiger partial charge >= 0.3 is 5.97 Å². The van der Waals surface area contributed by atoms with Gasteiger partial charge in [-0.2, -0.15) is 0 Å². The molecule has 1 heterocycles. The molecule has 178 valence electrons. The molecule has 0 aromatic heterocycles. The highest BCUT2D eigenvalue weighted by Gasteiger charge is 2.41. The van der Waals surface area contributed by atoms with E-state index in [0.29, 0.717) is 25.8 Å². The Morgan fingerprint density at radius 1 is 1.03 bits per heavy atom. The molecule has 0 spiro atoms. The lowest BCUT2D eigenvalue weighted by molar-refractivity contribution is -0.147. The first-order chi connectivity index (χ1) is 14.5. The number of aliphatic carboxylic acids is 1. The van der Waals surface area contributed by atoms with Gasteiger partial charge in [0.15, 0.2) is 6.04 Å². The largest absolute Gasteiger partial charge is 0.480 e. The van der Waals surface area contributed by atoms with Crippen LogP contribution in [0.25, 0.3) is 0 Å². The molecule has 0 aliphatic carbocycles. The van der Waals surface area contributed by atoms with E-state index in [1.54, 1.807) is 0 Å². The Balaban J connectivity index is 3.01. The zero-order valence-electron chi connectivity index (χ0n) is 19.1. The summed E-state index contributed by atoms with van der Waals surface area (Å²) in [5.41, 5.74) is 6.02. The van der Waals surface area contributed by atoms with Gasteiger partial charge in [0, 0.05) is 6.54 Å². The van der Waals surface area contributed by atoms with Crippen molar-refractivity contribution in [3.63, 3.8) is 0 Å². The Kier molecular flexibility index (Phi) is 10.4. The molecule has 0 radical (unpaired) electrons. The van der Waals surface area contributed by atoms with E-state index >= 15 is 0 Å². The molecule has 7 atom stereocenters. The molecule has 1 rings (SSSR count). The van der Waals surface area contributed by atoms with Gasteiger partial charge in [-0.25, -0.2) is 4.79 Å². The third-order valence-electron chi connectivity index (χ3n) is 6.22. The number of carbonyl (C=O) groups is 4. The number of hydrogen-bond acceptors (Lipinski definition) is 6. The lowest BCUT2D eigenvalue weighted by Crippen LogP contribution is -2.59. The summed E-state index contributed by atoms with van der Waals surface area (Å²) in [6.45, 7) is 9.14. The van der Waals surface area contributed by atoms with Gasteiger partial charge in [0.2, 0.25) is 17.7 Å². The zero-order chi connectivity index (χ0) is 23.9. The molecule has 1 saturated heterocycles. The van der Waals surface area contributed by atoms with Crippen molar-refractivity contribution in [2.24, 2.45) is 17.6 Å². The molecule has 1 aliphatic heterocycles. The lowest BCUT2D eigenvalue weighted by Gasteiger charge is -2.33. The molecule has 0 aromatic carbocycles. The number of carbonyl (C=O) groups excluding carboxylic acids is 3. The molecule has 0 aromatic rings. The van der Waals surface area contributed by atoms with Crippen molar-refractivity contribution in [3.8, 4) is 0 Å². The second-order valence-corrected chi connectivity index (χ2v) is 8.54. The molecule has 1 aliphatic rings. The van der Waals surface area contributed by atoms with Crippen LogP contribution in [0.5, 0.6) is 0 Å². The number of hydrogen-bond donors (Lipinski definition) is 5. The molecule has 3 amide bonds. The quantitative estimate of drug-likeness (QED) is 0.297. The van der Waals surface area contributed by atoms with E-state index in [9.17, 15) is 29.4 Å². The summed E-state index contributed by atoms with van der Waals surface area (Å²) in [5.74, 6) is -3.03. The fourth-order valence-electron chi connectivity index (χ4n) is 3.56. The SMILES string of the molecule is CCC(C)C(N)C(=O)NC(C(=O)N1CCCC1C(=O)NC(C(=O)O)C(C)O)C(C)CC. The van der Waals surface area contributed by atoms with Gasteiger partial charge in [0.25, 0.3) is 0 Å². The number of carboxylic acids is 1. The average molecular weight is 443 g/mol. The van der Waals surface area contributed by atoms with E-state index < -0.39 is 48.1 Å². The summed E-state index contributed by atoms with van der Waals surface area (Å²) >= 11 is 0. The predicted octanol–water partition coefficient (Wildman–Crippen LogP) is -0.168. The van der Waals surface area contributed by atoms with Crippen LogP contribution in [-0.2, 0) is 19.2 Å². The number of rotatable bonds is 11. The number of amides is 3. The minimum absolute atomic E-state index is 0.0496. The molecule has 1 fully saturated rings. The molecule has 7 unspecified atom stereocenters. The summed E-state index contributed by atoms with van der Waals surface area (Å²) < 4.78 is 0. The van der Waals surface area contributed by atoms with Crippen molar-refractivity contribution in [2.45, 2.75) is 90.6 Å². The maximum atomic E-state index is 13.3. The van der Waals surface area contributed by atoms with Gasteiger partial charge in [-0.3, -0.25) is 14.4 Å². The Hall–Kier alpha value is -2.20. The minimum atomic E-state index is -1.47. The highest BCUT2D eigenvalue weighted by atomic mass is 16.4. The van der Waals surface area contributed by atoms with Crippen molar-refractivity contribution in [1.29, 1.82) is 0 Å². The molecular formula is C21H38N4O6. The molecule has 31 heavy (non-hydrogen) atoms. The first kappa shape index (κ1) is 26.8. The topological polar surface area (TPSA) is 162 Å². The minimum Gasteiger partial charge on any atom is -0.480 e. The third kappa shape index (κ3) is 6.90.